The van der Waals surface area contributed by atoms with Crippen LogP contribution in [-0.4, -0.2) is 5.78 Å². The summed E-state index contributed by atoms with van der Waals surface area (Å²) < 4.78 is 14.9. The topological polar surface area (TPSA) is 70.1 Å². The summed E-state index contributed by atoms with van der Waals surface area (Å²) in [7, 11) is 0. The second-order valence-electron chi connectivity index (χ2n) is 8.10. The molecule has 1 atom stereocenters. The summed E-state index contributed by atoms with van der Waals surface area (Å²) in [5.74, 6) is -0.648. The van der Waals surface area contributed by atoms with Gasteiger partial charge in [-0.3, -0.25) is 9.69 Å². The van der Waals surface area contributed by atoms with Crippen molar-refractivity contribution in [2.45, 2.75) is 32.6 Å². The highest BCUT2D eigenvalue weighted by atomic mass is 79.9. The summed E-state index contributed by atoms with van der Waals surface area (Å²) in [6.45, 7) is 4.07. The second-order valence-corrected chi connectivity index (χ2v) is 10.6. The number of hydrogen-bond donors (Lipinski definition) is 1. The van der Waals surface area contributed by atoms with E-state index in [-0.39, 0.29) is 17.0 Å². The fourth-order valence-electron chi connectivity index (χ4n) is 4.19. The summed E-state index contributed by atoms with van der Waals surface area (Å²) >= 11 is 4.95. The van der Waals surface area contributed by atoms with E-state index in [4.69, 9.17) is 5.73 Å². The maximum absolute atomic E-state index is 14.0. The number of nitriles is 1. The van der Waals surface area contributed by atoms with Gasteiger partial charge in [0.15, 0.2) is 5.78 Å². The van der Waals surface area contributed by atoms with Gasteiger partial charge in [0.05, 0.1) is 27.0 Å². The van der Waals surface area contributed by atoms with Gasteiger partial charge in [-0.25, -0.2) is 4.39 Å². The molecule has 1 aromatic carbocycles. The Morgan fingerprint density at radius 3 is 2.69 bits per heavy atom. The number of thiophene rings is 1. The molecule has 2 aromatic rings. The number of nitrogens with two attached hydrogens (primary N) is 1. The van der Waals surface area contributed by atoms with E-state index in [1.165, 1.54) is 23.5 Å². The number of halogens is 2. The third-order valence-corrected chi connectivity index (χ3v) is 7.01. The van der Waals surface area contributed by atoms with Gasteiger partial charge in [0, 0.05) is 22.6 Å². The van der Waals surface area contributed by atoms with E-state index in [9.17, 15) is 14.4 Å². The second kappa shape index (κ2) is 7.12. The number of anilines is 1. The molecule has 1 aromatic heterocycles. The fourth-order valence-corrected chi connectivity index (χ4v) is 5.73. The Hall–Kier alpha value is -2.43. The van der Waals surface area contributed by atoms with Crippen LogP contribution in [0.4, 0.5) is 10.1 Å². The van der Waals surface area contributed by atoms with Gasteiger partial charge in [-0.05, 0) is 58.1 Å². The van der Waals surface area contributed by atoms with Gasteiger partial charge in [0.25, 0.3) is 0 Å². The highest BCUT2D eigenvalue weighted by Crippen LogP contribution is 2.51. The average Bonchev–Trinajstić information content (AvgIpc) is 3.05. The predicted molar refractivity (Wildman–Crippen MR) is 116 cm³/mol. The minimum atomic E-state index is -0.500. The van der Waals surface area contributed by atoms with Crippen molar-refractivity contribution in [3.63, 3.8) is 0 Å². The zero-order chi connectivity index (χ0) is 20.9. The number of carbonyl (C=O) groups is 1. The van der Waals surface area contributed by atoms with Crippen LogP contribution in [-0.2, 0) is 4.79 Å². The molecule has 148 valence electrons. The van der Waals surface area contributed by atoms with Crippen molar-refractivity contribution in [2.75, 3.05) is 4.90 Å². The summed E-state index contributed by atoms with van der Waals surface area (Å²) in [6.07, 6.45) is 0.998. The van der Waals surface area contributed by atoms with Crippen LogP contribution in [0.25, 0.3) is 0 Å². The minimum Gasteiger partial charge on any atom is -0.384 e. The van der Waals surface area contributed by atoms with Crippen molar-refractivity contribution in [1.82, 2.24) is 0 Å². The number of rotatable bonds is 2. The molecule has 1 aliphatic carbocycles. The molecule has 29 heavy (non-hydrogen) atoms. The number of carbonyl (C=O) groups excluding carboxylic acids is 1. The van der Waals surface area contributed by atoms with E-state index in [2.05, 4.69) is 22.0 Å². The third-order valence-electron chi connectivity index (χ3n) is 5.33. The molecule has 0 fully saturated rings. The maximum Gasteiger partial charge on any atom is 0.162 e. The number of benzene rings is 1. The SMILES string of the molecule is CC1(C)CC(=O)C2=C(C1)N(c1cccc(F)c1)C(N)=C(C#N)C2c1ccc(Br)s1. The van der Waals surface area contributed by atoms with Crippen LogP contribution in [0.5, 0.6) is 0 Å². The molecule has 1 unspecified atom stereocenters. The van der Waals surface area contributed by atoms with Crippen molar-refractivity contribution >= 4 is 38.7 Å². The number of hydrogen-bond acceptors (Lipinski definition) is 5. The minimum absolute atomic E-state index is 0.00688. The van der Waals surface area contributed by atoms with Crippen molar-refractivity contribution < 1.29 is 9.18 Å². The third kappa shape index (κ3) is 3.41. The molecule has 2 aliphatic rings. The maximum atomic E-state index is 14.0. The number of Topliss-reactive ketones (excluding diaryl/α,β-unsaturated/α-hetero) is 1. The summed E-state index contributed by atoms with van der Waals surface area (Å²) in [5, 5.41) is 9.97. The van der Waals surface area contributed by atoms with Gasteiger partial charge in [0.2, 0.25) is 0 Å². The molecule has 0 spiro atoms. The Kier molecular flexibility index (Phi) is 4.88. The van der Waals surface area contributed by atoms with Crippen LogP contribution in [0, 0.1) is 22.6 Å². The highest BCUT2D eigenvalue weighted by Gasteiger charge is 2.45. The number of allylic oxidation sites excluding steroid dienone is 3. The molecule has 0 saturated heterocycles. The molecule has 1 aliphatic heterocycles. The van der Waals surface area contributed by atoms with Crippen LogP contribution in [0.15, 0.2) is 62.8 Å². The van der Waals surface area contributed by atoms with Gasteiger partial charge in [0.1, 0.15) is 11.6 Å². The van der Waals surface area contributed by atoms with Crippen molar-refractivity contribution in [2.24, 2.45) is 11.1 Å². The molecule has 0 amide bonds. The molecule has 2 heterocycles. The van der Waals surface area contributed by atoms with Crippen LogP contribution < -0.4 is 10.6 Å². The number of nitrogens with zero attached hydrogens (tertiary/aromatic N) is 2. The fraction of sp³-hybridized carbons (Fsp3) is 0.273. The average molecular weight is 472 g/mol. The van der Waals surface area contributed by atoms with Gasteiger partial charge >= 0.3 is 0 Å². The van der Waals surface area contributed by atoms with E-state index < -0.39 is 11.7 Å². The van der Waals surface area contributed by atoms with Gasteiger partial charge in [-0.1, -0.05) is 19.9 Å². The number of ketones is 1. The first-order valence-electron chi connectivity index (χ1n) is 9.19. The van der Waals surface area contributed by atoms with Crippen LogP contribution in [0.1, 0.15) is 37.5 Å². The van der Waals surface area contributed by atoms with Crippen LogP contribution >= 0.6 is 27.3 Å². The standard InChI is InChI=1S/C22H19BrFN3OS/c1-22(2)9-15-20(16(28)10-22)19(17-6-7-18(23)29-17)14(11-25)21(26)27(15)13-5-3-4-12(24)8-13/h3-8,19H,9-10,26H2,1-2H3. The Labute approximate surface area is 181 Å². The van der Waals surface area contributed by atoms with Crippen molar-refractivity contribution in [3.05, 3.63) is 73.5 Å². The summed E-state index contributed by atoms with van der Waals surface area (Å²) in [6, 6.07) is 12.1. The first kappa shape index (κ1) is 19.9. The van der Waals surface area contributed by atoms with E-state index in [0.29, 0.717) is 29.7 Å². The lowest BCUT2D eigenvalue weighted by Crippen LogP contribution is -2.42. The van der Waals surface area contributed by atoms with E-state index in [1.807, 2.05) is 26.0 Å². The lowest BCUT2D eigenvalue weighted by molar-refractivity contribution is -0.118. The molecule has 0 bridgehead atoms. The van der Waals surface area contributed by atoms with E-state index >= 15 is 0 Å². The first-order valence-corrected chi connectivity index (χ1v) is 10.8. The Bertz CT molecular complexity index is 1130. The van der Waals surface area contributed by atoms with Gasteiger partial charge in [-0.2, -0.15) is 5.26 Å². The van der Waals surface area contributed by atoms with Crippen molar-refractivity contribution in [3.8, 4) is 6.07 Å². The Balaban J connectivity index is 2.00. The van der Waals surface area contributed by atoms with Crippen molar-refractivity contribution in [1.29, 1.82) is 5.26 Å². The molecule has 4 rings (SSSR count). The van der Waals surface area contributed by atoms with Crippen LogP contribution in [0.3, 0.4) is 0 Å². The zero-order valence-corrected chi connectivity index (χ0v) is 18.4. The molecular weight excluding hydrogens is 453 g/mol. The molecular formula is C22H19BrFN3OS. The predicted octanol–water partition coefficient (Wildman–Crippen LogP) is 5.59. The monoisotopic (exact) mass is 471 g/mol. The highest BCUT2D eigenvalue weighted by molar-refractivity contribution is 9.11. The smallest absolute Gasteiger partial charge is 0.162 e. The normalized spacial score (nSPS) is 21.3. The molecule has 2 N–H and O–H groups in total. The lowest BCUT2D eigenvalue weighted by Gasteiger charge is -2.43. The molecule has 0 saturated carbocycles. The largest absolute Gasteiger partial charge is 0.384 e. The van der Waals surface area contributed by atoms with Crippen LogP contribution in [0.2, 0.25) is 0 Å². The Morgan fingerprint density at radius 2 is 2.07 bits per heavy atom. The molecule has 7 heteroatoms. The quantitative estimate of drug-likeness (QED) is 0.619. The van der Waals surface area contributed by atoms with Gasteiger partial charge < -0.3 is 5.73 Å². The van der Waals surface area contributed by atoms with Gasteiger partial charge in [-0.15, -0.1) is 11.3 Å². The zero-order valence-electron chi connectivity index (χ0n) is 16.0. The first-order chi connectivity index (χ1) is 13.7. The summed E-state index contributed by atoms with van der Waals surface area (Å²) in [5.41, 5.74) is 8.41. The van der Waals surface area contributed by atoms with E-state index in [1.54, 1.807) is 17.0 Å². The lowest BCUT2D eigenvalue weighted by atomic mass is 9.69. The van der Waals surface area contributed by atoms with E-state index in [0.717, 1.165) is 14.4 Å². The molecule has 4 nitrogen and oxygen atoms in total. The summed E-state index contributed by atoms with van der Waals surface area (Å²) in [4.78, 5) is 15.9. The Morgan fingerprint density at radius 1 is 1.31 bits per heavy atom. The molecule has 0 radical (unpaired) electrons.